The molecule has 17 heavy (non-hydrogen) atoms. The Kier molecular flexibility index (Phi) is 4.36. The molecule has 7 nitrogen and oxygen atoms in total. The van der Waals surface area contributed by atoms with Crippen molar-refractivity contribution in [3.8, 4) is 11.8 Å². The monoisotopic (exact) mass is 231 g/mol. The van der Waals surface area contributed by atoms with Gasteiger partial charge in [-0.2, -0.15) is 0 Å². The maximum atomic E-state index is 10.7. The molecule has 1 aromatic heterocycles. The fourth-order valence-corrected chi connectivity index (χ4v) is 1.00. The molecule has 0 aliphatic heterocycles. The van der Waals surface area contributed by atoms with E-state index >= 15 is 0 Å². The smallest absolute Gasteiger partial charge is 0.337 e. The Bertz CT molecular complexity index is 537. The highest BCUT2D eigenvalue weighted by atomic mass is 16.4. The van der Waals surface area contributed by atoms with E-state index in [1.807, 2.05) is 0 Å². The van der Waals surface area contributed by atoms with Gasteiger partial charge in [-0.25, -0.2) is 9.78 Å². The first-order chi connectivity index (χ1) is 8.15. The van der Waals surface area contributed by atoms with Crippen LogP contribution in [0.2, 0.25) is 0 Å². The SMILES string of the molecule is [N-]=[N+]=NCCC#Cc1cc(C(=O)O)cnc1N. The first-order valence-corrected chi connectivity index (χ1v) is 4.63. The van der Waals surface area contributed by atoms with Crippen molar-refractivity contribution in [2.45, 2.75) is 6.42 Å². The number of carbonyl (C=O) groups is 1. The Labute approximate surface area is 96.9 Å². The zero-order valence-electron chi connectivity index (χ0n) is 8.79. The van der Waals surface area contributed by atoms with Crippen LogP contribution in [-0.2, 0) is 0 Å². The molecule has 0 bridgehead atoms. The molecule has 0 atom stereocenters. The maximum absolute atomic E-state index is 10.7. The molecule has 0 radical (unpaired) electrons. The summed E-state index contributed by atoms with van der Waals surface area (Å²) in [6, 6.07) is 1.35. The molecule has 0 saturated carbocycles. The summed E-state index contributed by atoms with van der Waals surface area (Å²) < 4.78 is 0. The van der Waals surface area contributed by atoms with Crippen molar-refractivity contribution in [1.82, 2.24) is 4.98 Å². The van der Waals surface area contributed by atoms with E-state index < -0.39 is 5.97 Å². The highest BCUT2D eigenvalue weighted by molar-refractivity contribution is 5.88. The molecular weight excluding hydrogens is 222 g/mol. The number of nitrogen functional groups attached to an aromatic ring is 1. The average molecular weight is 231 g/mol. The van der Waals surface area contributed by atoms with Crippen LogP contribution < -0.4 is 5.73 Å². The number of hydrogen-bond acceptors (Lipinski definition) is 4. The van der Waals surface area contributed by atoms with E-state index in [0.717, 1.165) is 0 Å². The van der Waals surface area contributed by atoms with Crippen LogP contribution in [0.3, 0.4) is 0 Å². The minimum absolute atomic E-state index is 0.0264. The second-order valence-corrected chi connectivity index (χ2v) is 2.97. The van der Waals surface area contributed by atoms with Gasteiger partial charge in [0.1, 0.15) is 5.82 Å². The highest BCUT2D eigenvalue weighted by Crippen LogP contribution is 2.09. The summed E-state index contributed by atoms with van der Waals surface area (Å²) in [5.41, 5.74) is 14.0. The second-order valence-electron chi connectivity index (χ2n) is 2.97. The van der Waals surface area contributed by atoms with Gasteiger partial charge in [0.25, 0.3) is 0 Å². The first kappa shape index (κ1) is 12.4. The lowest BCUT2D eigenvalue weighted by atomic mass is 10.2. The molecule has 0 unspecified atom stereocenters. The zero-order valence-corrected chi connectivity index (χ0v) is 8.79. The van der Waals surface area contributed by atoms with Gasteiger partial charge in [0, 0.05) is 24.1 Å². The van der Waals surface area contributed by atoms with Gasteiger partial charge in [0.05, 0.1) is 11.1 Å². The zero-order chi connectivity index (χ0) is 12.7. The van der Waals surface area contributed by atoms with Gasteiger partial charge in [-0.1, -0.05) is 17.0 Å². The largest absolute Gasteiger partial charge is 0.478 e. The topological polar surface area (TPSA) is 125 Å². The number of aromatic carboxylic acids is 1. The van der Waals surface area contributed by atoms with Gasteiger partial charge in [-0.3, -0.25) is 0 Å². The van der Waals surface area contributed by atoms with Gasteiger partial charge in [0.15, 0.2) is 0 Å². The van der Waals surface area contributed by atoms with Crippen LogP contribution in [0.15, 0.2) is 17.4 Å². The summed E-state index contributed by atoms with van der Waals surface area (Å²) in [6.45, 7) is 0.259. The molecule has 0 aliphatic rings. The number of anilines is 1. The molecule has 0 aromatic carbocycles. The molecule has 1 aromatic rings. The van der Waals surface area contributed by atoms with Crippen LogP contribution in [0.25, 0.3) is 10.4 Å². The Morgan fingerprint density at radius 2 is 2.47 bits per heavy atom. The van der Waals surface area contributed by atoms with Crippen molar-refractivity contribution >= 4 is 11.8 Å². The van der Waals surface area contributed by atoms with Crippen LogP contribution in [-0.4, -0.2) is 22.6 Å². The van der Waals surface area contributed by atoms with Crippen molar-refractivity contribution in [2.75, 3.05) is 12.3 Å². The lowest BCUT2D eigenvalue weighted by Crippen LogP contribution is -2.01. The van der Waals surface area contributed by atoms with Gasteiger partial charge in [0.2, 0.25) is 0 Å². The van der Waals surface area contributed by atoms with Crippen molar-refractivity contribution in [3.05, 3.63) is 33.8 Å². The number of azide groups is 1. The summed E-state index contributed by atoms with van der Waals surface area (Å²) in [4.78, 5) is 17.0. The first-order valence-electron chi connectivity index (χ1n) is 4.63. The number of nitrogens with zero attached hydrogens (tertiary/aromatic N) is 4. The highest BCUT2D eigenvalue weighted by Gasteiger charge is 2.05. The second kappa shape index (κ2) is 6.00. The molecule has 1 heterocycles. The van der Waals surface area contributed by atoms with E-state index in [2.05, 4.69) is 26.9 Å². The Balaban J connectivity index is 2.85. The number of carboxylic acid groups (broad SMARTS) is 1. The summed E-state index contributed by atoms with van der Waals surface area (Å²) in [5.74, 6) is 4.48. The summed E-state index contributed by atoms with van der Waals surface area (Å²) in [7, 11) is 0. The molecule has 0 fully saturated rings. The van der Waals surface area contributed by atoms with Gasteiger partial charge >= 0.3 is 5.97 Å². The molecule has 0 spiro atoms. The number of nitrogens with two attached hydrogens (primary N) is 1. The van der Waals surface area contributed by atoms with E-state index in [1.54, 1.807) is 0 Å². The number of aromatic nitrogens is 1. The molecule has 1 rings (SSSR count). The molecule has 0 saturated heterocycles. The van der Waals surface area contributed by atoms with E-state index in [4.69, 9.17) is 16.4 Å². The van der Waals surface area contributed by atoms with Crippen LogP contribution in [0.4, 0.5) is 5.82 Å². The number of rotatable bonds is 3. The normalized spacial score (nSPS) is 8.71. The molecule has 7 heteroatoms. The summed E-state index contributed by atoms with van der Waals surface area (Å²) >= 11 is 0. The predicted molar refractivity (Wildman–Crippen MR) is 61.1 cm³/mol. The molecular formula is C10H9N5O2. The molecule has 86 valence electrons. The van der Waals surface area contributed by atoms with Crippen LogP contribution in [0, 0.1) is 11.8 Å². The van der Waals surface area contributed by atoms with Gasteiger partial charge in [-0.15, -0.1) is 0 Å². The van der Waals surface area contributed by atoms with E-state index in [0.29, 0.717) is 12.0 Å². The van der Waals surface area contributed by atoms with Gasteiger partial charge < -0.3 is 10.8 Å². The Morgan fingerprint density at radius 3 is 3.12 bits per heavy atom. The predicted octanol–water partition coefficient (Wildman–Crippen LogP) is 1.41. The number of carboxylic acids is 1. The molecule has 0 aliphatic carbocycles. The van der Waals surface area contributed by atoms with Crippen molar-refractivity contribution in [1.29, 1.82) is 0 Å². The van der Waals surface area contributed by atoms with Crippen LogP contribution in [0.5, 0.6) is 0 Å². The fraction of sp³-hybridized carbons (Fsp3) is 0.200. The standard InChI is InChI=1S/C10H9N5O2/c11-9-7(3-1-2-4-14-15-12)5-8(6-13-9)10(16)17/h5-6H,2,4H2,(H2,11,13)(H,16,17). The van der Waals surface area contributed by atoms with Crippen LogP contribution in [0.1, 0.15) is 22.3 Å². The van der Waals surface area contributed by atoms with Crippen molar-refractivity contribution in [2.24, 2.45) is 5.11 Å². The molecule has 3 N–H and O–H groups in total. The third-order valence-corrected chi connectivity index (χ3v) is 1.79. The van der Waals surface area contributed by atoms with Gasteiger partial charge in [-0.05, 0) is 11.6 Å². The number of hydrogen-bond donors (Lipinski definition) is 2. The average Bonchev–Trinajstić information content (AvgIpc) is 2.30. The maximum Gasteiger partial charge on any atom is 0.337 e. The third-order valence-electron chi connectivity index (χ3n) is 1.79. The van der Waals surface area contributed by atoms with E-state index in [9.17, 15) is 4.79 Å². The third kappa shape index (κ3) is 3.74. The fourth-order valence-electron chi connectivity index (χ4n) is 1.00. The Morgan fingerprint density at radius 1 is 1.71 bits per heavy atom. The molecule has 0 amide bonds. The van der Waals surface area contributed by atoms with Crippen molar-refractivity contribution in [3.63, 3.8) is 0 Å². The minimum atomic E-state index is -1.09. The van der Waals surface area contributed by atoms with E-state index in [1.165, 1.54) is 12.3 Å². The van der Waals surface area contributed by atoms with E-state index in [-0.39, 0.29) is 17.9 Å². The van der Waals surface area contributed by atoms with Crippen molar-refractivity contribution < 1.29 is 9.90 Å². The quantitative estimate of drug-likeness (QED) is 0.268. The summed E-state index contributed by atoms with van der Waals surface area (Å²) in [5, 5.41) is 12.1. The van der Waals surface area contributed by atoms with Crippen LogP contribution >= 0.6 is 0 Å². The lowest BCUT2D eigenvalue weighted by Gasteiger charge is -1.98. The lowest BCUT2D eigenvalue weighted by molar-refractivity contribution is 0.0696. The minimum Gasteiger partial charge on any atom is -0.478 e. The number of pyridine rings is 1. The Hall–Kier alpha value is -2.71. The summed E-state index contributed by atoms with van der Waals surface area (Å²) in [6.07, 6.45) is 1.55.